The summed E-state index contributed by atoms with van der Waals surface area (Å²) in [5.74, 6) is 1.80. The molecule has 0 bridgehead atoms. The summed E-state index contributed by atoms with van der Waals surface area (Å²) in [6.07, 6.45) is 1.33. The van der Waals surface area contributed by atoms with E-state index in [1.807, 2.05) is 42.1 Å². The van der Waals surface area contributed by atoms with Crippen LogP contribution in [0.25, 0.3) is 11.3 Å². The Bertz CT molecular complexity index is 972. The maximum atomic E-state index is 12.4. The number of thioether (sulfide) groups is 1. The van der Waals surface area contributed by atoms with E-state index in [2.05, 4.69) is 39.0 Å². The van der Waals surface area contributed by atoms with E-state index in [0.717, 1.165) is 17.7 Å². The van der Waals surface area contributed by atoms with Gasteiger partial charge in [-0.05, 0) is 43.7 Å². The molecule has 0 radical (unpaired) electrons. The first kappa shape index (κ1) is 20.3. The minimum absolute atomic E-state index is 0.0182. The van der Waals surface area contributed by atoms with Gasteiger partial charge in [-0.25, -0.2) is 4.79 Å². The fraction of sp³-hybridized carbons (Fsp3) is 0.292. The van der Waals surface area contributed by atoms with E-state index < -0.39 is 5.63 Å². The molecule has 1 atom stereocenters. The standard InChI is InChI=1S/C24H26O3S/c1-16(15-28-23-17(2)8-7-9-18(23)3)12-13-20-21(25)14-22(27-24(20)26)19-10-5-4-6-11-19/h4-11,14,16,25H,12-13,15H2,1-3H3. The third-order valence-corrected chi connectivity index (χ3v) is 6.56. The van der Waals surface area contributed by atoms with Gasteiger partial charge in [0.25, 0.3) is 0 Å². The fourth-order valence-corrected chi connectivity index (χ4v) is 4.42. The summed E-state index contributed by atoms with van der Waals surface area (Å²) in [5.41, 5.74) is 3.29. The van der Waals surface area contributed by atoms with Crippen molar-refractivity contribution in [2.75, 3.05) is 5.75 Å². The molecule has 1 N–H and O–H groups in total. The quantitative estimate of drug-likeness (QED) is 0.500. The zero-order valence-electron chi connectivity index (χ0n) is 16.6. The van der Waals surface area contributed by atoms with Crippen molar-refractivity contribution in [1.29, 1.82) is 0 Å². The fourth-order valence-electron chi connectivity index (χ4n) is 3.21. The van der Waals surface area contributed by atoms with Gasteiger partial charge < -0.3 is 9.52 Å². The van der Waals surface area contributed by atoms with Crippen LogP contribution in [-0.4, -0.2) is 10.9 Å². The van der Waals surface area contributed by atoms with Gasteiger partial charge in [0.15, 0.2) is 0 Å². The highest BCUT2D eigenvalue weighted by atomic mass is 32.2. The van der Waals surface area contributed by atoms with Crippen LogP contribution >= 0.6 is 11.8 Å². The van der Waals surface area contributed by atoms with Gasteiger partial charge >= 0.3 is 5.63 Å². The molecular formula is C24H26O3S. The van der Waals surface area contributed by atoms with Crippen molar-refractivity contribution in [2.45, 2.75) is 38.5 Å². The Kier molecular flexibility index (Phi) is 6.63. The summed E-state index contributed by atoms with van der Waals surface area (Å²) in [6.45, 7) is 6.45. The zero-order chi connectivity index (χ0) is 20.1. The monoisotopic (exact) mass is 394 g/mol. The molecule has 1 unspecified atom stereocenters. The number of benzene rings is 2. The summed E-state index contributed by atoms with van der Waals surface area (Å²) in [4.78, 5) is 13.7. The second kappa shape index (κ2) is 9.16. The first-order chi connectivity index (χ1) is 13.5. The maximum absolute atomic E-state index is 12.4. The smallest absolute Gasteiger partial charge is 0.343 e. The number of aryl methyl sites for hydroxylation is 2. The van der Waals surface area contributed by atoms with Crippen LogP contribution in [0.1, 0.15) is 30.0 Å². The van der Waals surface area contributed by atoms with Gasteiger partial charge in [0, 0.05) is 22.3 Å². The molecule has 0 spiro atoms. The third-order valence-electron chi connectivity index (χ3n) is 4.89. The van der Waals surface area contributed by atoms with E-state index >= 15 is 0 Å². The molecule has 3 nitrogen and oxygen atoms in total. The van der Waals surface area contributed by atoms with Gasteiger partial charge in [0.2, 0.25) is 0 Å². The lowest BCUT2D eigenvalue weighted by molar-refractivity contribution is 0.435. The van der Waals surface area contributed by atoms with Crippen molar-refractivity contribution >= 4 is 11.8 Å². The molecular weight excluding hydrogens is 368 g/mol. The summed E-state index contributed by atoms with van der Waals surface area (Å²) in [6, 6.07) is 17.2. The molecule has 1 heterocycles. The topological polar surface area (TPSA) is 50.4 Å². The molecule has 2 aromatic carbocycles. The van der Waals surface area contributed by atoms with Crippen LogP contribution in [0.5, 0.6) is 5.75 Å². The predicted octanol–water partition coefficient (Wildman–Crippen LogP) is 5.99. The van der Waals surface area contributed by atoms with E-state index in [1.165, 1.54) is 16.0 Å². The molecule has 146 valence electrons. The third kappa shape index (κ3) is 4.87. The molecule has 3 aromatic rings. The molecule has 0 aliphatic rings. The van der Waals surface area contributed by atoms with Crippen LogP contribution < -0.4 is 5.63 Å². The minimum Gasteiger partial charge on any atom is -0.507 e. The van der Waals surface area contributed by atoms with Gasteiger partial charge in [-0.3, -0.25) is 0 Å². The van der Waals surface area contributed by atoms with Crippen LogP contribution in [0.3, 0.4) is 0 Å². The van der Waals surface area contributed by atoms with Crippen LogP contribution in [-0.2, 0) is 6.42 Å². The second-order valence-corrected chi connectivity index (χ2v) is 8.33. The molecule has 1 aromatic heterocycles. The van der Waals surface area contributed by atoms with E-state index in [4.69, 9.17) is 4.42 Å². The highest BCUT2D eigenvalue weighted by Gasteiger charge is 2.14. The first-order valence-electron chi connectivity index (χ1n) is 9.56. The molecule has 3 rings (SSSR count). The van der Waals surface area contributed by atoms with Gasteiger partial charge in [0.1, 0.15) is 11.5 Å². The van der Waals surface area contributed by atoms with E-state index in [9.17, 15) is 9.90 Å². The van der Waals surface area contributed by atoms with E-state index in [-0.39, 0.29) is 5.75 Å². The molecule has 0 aliphatic heterocycles. The molecule has 0 saturated carbocycles. The first-order valence-corrected chi connectivity index (χ1v) is 10.5. The zero-order valence-corrected chi connectivity index (χ0v) is 17.4. The van der Waals surface area contributed by atoms with Crippen LogP contribution in [0.15, 0.2) is 68.7 Å². The van der Waals surface area contributed by atoms with E-state index in [1.54, 1.807) is 6.07 Å². The van der Waals surface area contributed by atoms with Crippen molar-refractivity contribution < 1.29 is 9.52 Å². The SMILES string of the molecule is Cc1cccc(C)c1SCC(C)CCc1c(O)cc(-c2ccccc2)oc1=O. The molecule has 0 aliphatic carbocycles. The van der Waals surface area contributed by atoms with Crippen LogP contribution in [0, 0.1) is 19.8 Å². The number of hydrogen-bond acceptors (Lipinski definition) is 4. The van der Waals surface area contributed by atoms with Gasteiger partial charge in [-0.1, -0.05) is 55.5 Å². The molecule has 0 amide bonds. The molecule has 0 saturated heterocycles. The summed E-state index contributed by atoms with van der Waals surface area (Å²) >= 11 is 1.86. The van der Waals surface area contributed by atoms with Crippen LogP contribution in [0.4, 0.5) is 0 Å². The average molecular weight is 395 g/mol. The average Bonchev–Trinajstić information content (AvgIpc) is 2.67. The second-order valence-electron chi connectivity index (χ2n) is 7.30. The van der Waals surface area contributed by atoms with Crippen molar-refractivity contribution in [3.63, 3.8) is 0 Å². The van der Waals surface area contributed by atoms with Crippen LogP contribution in [0.2, 0.25) is 0 Å². The van der Waals surface area contributed by atoms with Crippen molar-refractivity contribution in [3.8, 4) is 17.1 Å². The van der Waals surface area contributed by atoms with E-state index in [0.29, 0.717) is 23.7 Å². The van der Waals surface area contributed by atoms with Gasteiger partial charge in [-0.15, -0.1) is 11.8 Å². The predicted molar refractivity (Wildman–Crippen MR) is 116 cm³/mol. The number of aromatic hydroxyl groups is 1. The number of hydrogen-bond donors (Lipinski definition) is 1. The Labute approximate surface area is 170 Å². The minimum atomic E-state index is -0.451. The largest absolute Gasteiger partial charge is 0.507 e. The lowest BCUT2D eigenvalue weighted by atomic mass is 10.0. The van der Waals surface area contributed by atoms with Crippen molar-refractivity contribution in [2.24, 2.45) is 5.92 Å². The molecule has 28 heavy (non-hydrogen) atoms. The van der Waals surface area contributed by atoms with Crippen molar-refractivity contribution in [3.05, 3.63) is 81.7 Å². The lowest BCUT2D eigenvalue weighted by Gasteiger charge is -2.14. The summed E-state index contributed by atoms with van der Waals surface area (Å²) in [5, 5.41) is 10.4. The lowest BCUT2D eigenvalue weighted by Crippen LogP contribution is -2.11. The Balaban J connectivity index is 1.63. The van der Waals surface area contributed by atoms with Crippen molar-refractivity contribution in [1.82, 2.24) is 0 Å². The van der Waals surface area contributed by atoms with Gasteiger partial charge in [0.05, 0.1) is 5.56 Å². The van der Waals surface area contributed by atoms with Gasteiger partial charge in [-0.2, -0.15) is 0 Å². The Morgan fingerprint density at radius 1 is 1.04 bits per heavy atom. The summed E-state index contributed by atoms with van der Waals surface area (Å²) in [7, 11) is 0. The molecule has 0 fully saturated rings. The Hall–Kier alpha value is -2.46. The maximum Gasteiger partial charge on any atom is 0.343 e. The highest BCUT2D eigenvalue weighted by molar-refractivity contribution is 7.99. The Morgan fingerprint density at radius 2 is 1.71 bits per heavy atom. The molecule has 4 heteroatoms. The highest BCUT2D eigenvalue weighted by Crippen LogP contribution is 2.30. The Morgan fingerprint density at radius 3 is 2.36 bits per heavy atom. The number of rotatable bonds is 7. The normalized spacial score (nSPS) is 12.1. The summed E-state index contributed by atoms with van der Waals surface area (Å²) < 4.78 is 5.45.